The van der Waals surface area contributed by atoms with Gasteiger partial charge < -0.3 is 21.1 Å². The second-order valence-corrected chi connectivity index (χ2v) is 2.47. The summed E-state index contributed by atoms with van der Waals surface area (Å²) in [6.45, 7) is 1.00. The second-order valence-electron chi connectivity index (χ2n) is 2.47. The molecule has 0 aliphatic carbocycles. The third-order valence-corrected chi connectivity index (χ3v) is 1.65. The van der Waals surface area contributed by atoms with Crippen LogP contribution in [0.4, 0.5) is 0 Å². The molecule has 0 heterocycles. The Morgan fingerprint density at radius 1 is 1.64 bits per heavy atom. The van der Waals surface area contributed by atoms with E-state index in [2.05, 4.69) is 0 Å². The van der Waals surface area contributed by atoms with E-state index in [1.807, 2.05) is 0 Å². The summed E-state index contributed by atoms with van der Waals surface area (Å²) in [6, 6.07) is -1.13. The molecule has 66 valence electrons. The molecule has 0 unspecified atom stereocenters. The number of aliphatic hydroxyl groups excluding tert-OH is 2. The van der Waals surface area contributed by atoms with Crippen molar-refractivity contribution < 1.29 is 20.1 Å². The number of nitrogens with two attached hydrogens (primary N) is 1. The van der Waals surface area contributed by atoms with Crippen molar-refractivity contribution in [2.45, 2.75) is 19.1 Å². The van der Waals surface area contributed by atoms with E-state index in [4.69, 9.17) is 21.1 Å². The molecule has 0 fully saturated rings. The molecule has 0 aliphatic rings. The van der Waals surface area contributed by atoms with Crippen LogP contribution >= 0.6 is 0 Å². The molecular weight excluding hydrogens is 150 g/mol. The quantitative estimate of drug-likeness (QED) is 0.399. The first-order chi connectivity index (χ1) is 5.00. The van der Waals surface area contributed by atoms with Crippen molar-refractivity contribution in [3.05, 3.63) is 0 Å². The summed E-state index contributed by atoms with van der Waals surface area (Å²) in [4.78, 5) is 10.2. The highest BCUT2D eigenvalue weighted by Crippen LogP contribution is 2.06. The molecule has 5 N–H and O–H groups in total. The monoisotopic (exact) mass is 163 g/mol. The van der Waals surface area contributed by atoms with Gasteiger partial charge in [0.1, 0.15) is 6.04 Å². The zero-order chi connectivity index (χ0) is 9.02. The van der Waals surface area contributed by atoms with Crippen LogP contribution in [0.15, 0.2) is 0 Å². The van der Waals surface area contributed by atoms with Crippen LogP contribution in [0.25, 0.3) is 0 Å². The molecule has 0 aromatic rings. The van der Waals surface area contributed by atoms with E-state index >= 15 is 0 Å². The highest BCUT2D eigenvalue weighted by Gasteiger charge is 2.25. The van der Waals surface area contributed by atoms with Gasteiger partial charge >= 0.3 is 5.97 Å². The third-order valence-electron chi connectivity index (χ3n) is 1.65. The Morgan fingerprint density at radius 2 is 2.09 bits per heavy atom. The summed E-state index contributed by atoms with van der Waals surface area (Å²) in [7, 11) is 0. The lowest BCUT2D eigenvalue weighted by molar-refractivity contribution is -0.141. The van der Waals surface area contributed by atoms with Gasteiger partial charge in [0.15, 0.2) is 0 Å². The summed E-state index contributed by atoms with van der Waals surface area (Å²) in [5, 5.41) is 25.8. The molecule has 5 heteroatoms. The Balaban J connectivity index is 4.00. The maximum absolute atomic E-state index is 10.2. The number of rotatable bonds is 4. The van der Waals surface area contributed by atoms with Gasteiger partial charge in [-0.25, -0.2) is 0 Å². The van der Waals surface area contributed by atoms with Gasteiger partial charge in [-0.1, -0.05) is 6.92 Å². The van der Waals surface area contributed by atoms with E-state index in [1.54, 1.807) is 0 Å². The van der Waals surface area contributed by atoms with E-state index in [0.717, 1.165) is 0 Å². The molecule has 0 bridgehead atoms. The summed E-state index contributed by atoms with van der Waals surface area (Å²) in [5.41, 5.74) is 5.17. The standard InChI is InChI=1S/C6H13NO4/c1-3(4(9)2-8)5(7)6(10)11/h3-5,8-9H,2,7H2,1H3,(H,10,11)/t3-,4-,5-/m0/s1. The van der Waals surface area contributed by atoms with Gasteiger partial charge in [0.25, 0.3) is 0 Å². The molecule has 0 aromatic carbocycles. The Labute approximate surface area is 64.4 Å². The molecule has 0 rings (SSSR count). The summed E-state index contributed by atoms with van der Waals surface area (Å²) in [5.74, 6) is -1.82. The molecule has 0 saturated heterocycles. The van der Waals surface area contributed by atoms with E-state index in [0.29, 0.717) is 0 Å². The first-order valence-corrected chi connectivity index (χ1v) is 3.28. The number of hydrogen-bond acceptors (Lipinski definition) is 4. The van der Waals surface area contributed by atoms with Crippen molar-refractivity contribution in [2.24, 2.45) is 11.7 Å². The largest absolute Gasteiger partial charge is 0.480 e. The molecule has 0 saturated carbocycles. The third kappa shape index (κ3) is 2.83. The summed E-state index contributed by atoms with van der Waals surface area (Å²) in [6.07, 6.45) is -1.07. The van der Waals surface area contributed by atoms with Crippen molar-refractivity contribution in [3.8, 4) is 0 Å². The fourth-order valence-corrected chi connectivity index (χ4v) is 0.630. The minimum Gasteiger partial charge on any atom is -0.480 e. The highest BCUT2D eigenvalue weighted by molar-refractivity contribution is 5.73. The van der Waals surface area contributed by atoms with Gasteiger partial charge in [0.2, 0.25) is 0 Å². The van der Waals surface area contributed by atoms with E-state index < -0.39 is 30.6 Å². The summed E-state index contributed by atoms with van der Waals surface area (Å²) >= 11 is 0. The lowest BCUT2D eigenvalue weighted by atomic mass is 9.97. The number of carboxylic acids is 1. The van der Waals surface area contributed by atoms with Crippen molar-refractivity contribution in [1.29, 1.82) is 0 Å². The van der Waals surface area contributed by atoms with Crippen LogP contribution in [0.2, 0.25) is 0 Å². The molecule has 11 heavy (non-hydrogen) atoms. The first-order valence-electron chi connectivity index (χ1n) is 3.28. The lowest BCUT2D eigenvalue weighted by Gasteiger charge is -2.19. The number of carbonyl (C=O) groups is 1. The number of aliphatic carboxylic acids is 1. The van der Waals surface area contributed by atoms with Gasteiger partial charge in [-0.2, -0.15) is 0 Å². The SMILES string of the molecule is C[C@H]([C@H](N)C(=O)O)[C@@H](O)CO. The number of aliphatic hydroxyl groups is 2. The minimum absolute atomic E-state index is 0.470. The van der Waals surface area contributed by atoms with Gasteiger partial charge in [-0.15, -0.1) is 0 Å². The van der Waals surface area contributed by atoms with E-state index in [9.17, 15) is 4.79 Å². The van der Waals surface area contributed by atoms with Gasteiger partial charge in [0, 0.05) is 5.92 Å². The molecule has 5 nitrogen and oxygen atoms in total. The Morgan fingerprint density at radius 3 is 2.36 bits per heavy atom. The fraction of sp³-hybridized carbons (Fsp3) is 0.833. The van der Waals surface area contributed by atoms with Crippen LogP contribution < -0.4 is 5.73 Å². The smallest absolute Gasteiger partial charge is 0.320 e. The molecule has 3 atom stereocenters. The Kier molecular flexibility index (Phi) is 4.02. The van der Waals surface area contributed by atoms with Crippen molar-refractivity contribution in [1.82, 2.24) is 0 Å². The van der Waals surface area contributed by atoms with Gasteiger partial charge in [-0.3, -0.25) is 4.79 Å². The maximum Gasteiger partial charge on any atom is 0.320 e. The zero-order valence-electron chi connectivity index (χ0n) is 6.27. The molecule has 0 aromatic heterocycles. The average Bonchev–Trinajstić information content (AvgIpc) is 2.00. The van der Waals surface area contributed by atoms with Crippen LogP contribution in [0, 0.1) is 5.92 Å². The second kappa shape index (κ2) is 4.27. The van der Waals surface area contributed by atoms with Gasteiger partial charge in [-0.05, 0) is 0 Å². The Hall–Kier alpha value is -0.650. The number of hydrogen-bond donors (Lipinski definition) is 4. The molecule has 0 aliphatic heterocycles. The van der Waals surface area contributed by atoms with Crippen LogP contribution in [-0.4, -0.2) is 40.0 Å². The van der Waals surface area contributed by atoms with Crippen molar-refractivity contribution >= 4 is 5.97 Å². The lowest BCUT2D eigenvalue weighted by Crippen LogP contribution is -2.43. The average molecular weight is 163 g/mol. The predicted molar refractivity (Wildman–Crippen MR) is 37.9 cm³/mol. The highest BCUT2D eigenvalue weighted by atomic mass is 16.4. The van der Waals surface area contributed by atoms with Gasteiger partial charge in [0.05, 0.1) is 12.7 Å². The maximum atomic E-state index is 10.2. The van der Waals surface area contributed by atoms with Crippen molar-refractivity contribution in [3.63, 3.8) is 0 Å². The number of carboxylic acid groups (broad SMARTS) is 1. The van der Waals surface area contributed by atoms with Crippen LogP contribution in [-0.2, 0) is 4.79 Å². The van der Waals surface area contributed by atoms with Crippen LogP contribution in [0.3, 0.4) is 0 Å². The first kappa shape index (κ1) is 10.3. The van der Waals surface area contributed by atoms with Crippen molar-refractivity contribution in [2.75, 3.05) is 6.61 Å². The Bertz CT molecular complexity index is 139. The van der Waals surface area contributed by atoms with E-state index in [-0.39, 0.29) is 0 Å². The van der Waals surface area contributed by atoms with Crippen LogP contribution in [0.5, 0.6) is 0 Å². The predicted octanol–water partition coefficient (Wildman–Crippen LogP) is -1.61. The topological polar surface area (TPSA) is 104 Å². The zero-order valence-corrected chi connectivity index (χ0v) is 6.27. The molecule has 0 radical (unpaired) electrons. The molecule has 0 amide bonds. The fourth-order valence-electron chi connectivity index (χ4n) is 0.630. The minimum atomic E-state index is -1.18. The van der Waals surface area contributed by atoms with Crippen LogP contribution in [0.1, 0.15) is 6.92 Å². The van der Waals surface area contributed by atoms with E-state index in [1.165, 1.54) is 6.92 Å². The normalized spacial score (nSPS) is 18.9. The molecule has 0 spiro atoms. The summed E-state index contributed by atoms with van der Waals surface area (Å²) < 4.78 is 0. The molecular formula is C6H13NO4.